The minimum Gasteiger partial charge on any atom is -0.373 e. The van der Waals surface area contributed by atoms with Gasteiger partial charge in [-0.2, -0.15) is 0 Å². The highest BCUT2D eigenvalue weighted by Crippen LogP contribution is 2.33. The molecule has 2 aliphatic rings. The smallest absolute Gasteiger partial charge is 0.273 e. The summed E-state index contributed by atoms with van der Waals surface area (Å²) in [6.07, 6.45) is 3.70. The second-order valence-corrected chi connectivity index (χ2v) is 8.09. The number of carbonyl (C=O) groups excluding carboxylic acids is 1. The van der Waals surface area contributed by atoms with E-state index in [0.717, 1.165) is 49.0 Å². The van der Waals surface area contributed by atoms with Crippen molar-refractivity contribution in [2.24, 2.45) is 0 Å². The Bertz CT molecular complexity index is 871. The van der Waals surface area contributed by atoms with E-state index >= 15 is 0 Å². The molecule has 154 valence electrons. The fourth-order valence-electron chi connectivity index (χ4n) is 4.44. The molecule has 7 heteroatoms. The van der Waals surface area contributed by atoms with Gasteiger partial charge in [0.1, 0.15) is 5.69 Å². The second-order valence-electron chi connectivity index (χ2n) is 8.09. The van der Waals surface area contributed by atoms with Gasteiger partial charge in [0.25, 0.3) is 5.91 Å². The van der Waals surface area contributed by atoms with Crippen molar-refractivity contribution in [1.29, 1.82) is 0 Å². The number of hydrogen-bond acceptors (Lipinski definition) is 6. The predicted molar refractivity (Wildman–Crippen MR) is 112 cm³/mol. The molecule has 1 aromatic carbocycles. The third-order valence-corrected chi connectivity index (χ3v) is 5.70. The van der Waals surface area contributed by atoms with Crippen LogP contribution in [0.25, 0.3) is 0 Å². The lowest BCUT2D eigenvalue weighted by Crippen LogP contribution is -2.51. The Morgan fingerprint density at radius 2 is 1.97 bits per heavy atom. The topological polar surface area (TPSA) is 84.6 Å². The van der Waals surface area contributed by atoms with Gasteiger partial charge in [0.15, 0.2) is 0 Å². The molecule has 2 aromatic rings. The first-order valence-corrected chi connectivity index (χ1v) is 10.3. The monoisotopic (exact) mass is 395 g/mol. The molecule has 1 aliphatic heterocycles. The van der Waals surface area contributed by atoms with Crippen LogP contribution in [-0.2, 0) is 17.6 Å². The fraction of sp³-hybridized carbons (Fsp3) is 0.500. The number of amides is 1. The van der Waals surface area contributed by atoms with Crippen molar-refractivity contribution in [1.82, 2.24) is 19.8 Å². The third-order valence-electron chi connectivity index (χ3n) is 5.70. The molecule has 1 aromatic heterocycles. The molecule has 2 atom stereocenters. The van der Waals surface area contributed by atoms with E-state index in [2.05, 4.69) is 27.0 Å². The maximum absolute atomic E-state index is 13.7. The number of nitrogen functional groups attached to an aromatic ring is 1. The van der Waals surface area contributed by atoms with Gasteiger partial charge in [-0.15, -0.1) is 0 Å². The summed E-state index contributed by atoms with van der Waals surface area (Å²) in [6.45, 7) is 1.77. The van der Waals surface area contributed by atoms with Gasteiger partial charge in [-0.05, 0) is 45.3 Å². The standard InChI is InChI=1S/C22H29N5O2/c1-26(2)14-18-20(15-8-4-3-5-9-15)27(12-13-29-18)21(28)19-16-10-6-7-11-17(16)24-22(23)25-19/h3-5,8-9,18,20H,6-7,10-14H2,1-2H3,(H2,23,24,25)/t18-,20-/m0/s1. The average Bonchev–Trinajstić information content (AvgIpc) is 2.72. The lowest BCUT2D eigenvalue weighted by molar-refractivity contribution is -0.0686. The number of carbonyl (C=O) groups is 1. The second kappa shape index (κ2) is 8.47. The van der Waals surface area contributed by atoms with Crippen molar-refractivity contribution in [3.05, 3.63) is 52.8 Å². The van der Waals surface area contributed by atoms with E-state index in [1.54, 1.807) is 0 Å². The number of likely N-dealkylation sites (N-methyl/N-ethyl adjacent to an activating group) is 1. The third kappa shape index (κ3) is 4.11. The maximum atomic E-state index is 13.7. The molecule has 1 aliphatic carbocycles. The van der Waals surface area contributed by atoms with Gasteiger partial charge in [-0.1, -0.05) is 30.3 Å². The number of aryl methyl sites for hydroxylation is 1. The molecule has 0 spiro atoms. The zero-order valence-electron chi connectivity index (χ0n) is 17.2. The molecule has 7 nitrogen and oxygen atoms in total. The van der Waals surface area contributed by atoms with Crippen LogP contribution in [-0.4, -0.2) is 65.6 Å². The van der Waals surface area contributed by atoms with Crippen LogP contribution in [0.2, 0.25) is 0 Å². The van der Waals surface area contributed by atoms with Crippen molar-refractivity contribution in [3.63, 3.8) is 0 Å². The summed E-state index contributed by atoms with van der Waals surface area (Å²) in [5, 5.41) is 0. The molecule has 0 radical (unpaired) electrons. The first-order chi connectivity index (χ1) is 14.0. The summed E-state index contributed by atoms with van der Waals surface area (Å²) in [6, 6.07) is 9.95. The van der Waals surface area contributed by atoms with Gasteiger partial charge in [-0.25, -0.2) is 9.97 Å². The van der Waals surface area contributed by atoms with Crippen molar-refractivity contribution < 1.29 is 9.53 Å². The number of benzene rings is 1. The van der Waals surface area contributed by atoms with Crippen molar-refractivity contribution in [2.45, 2.75) is 37.8 Å². The molecule has 0 unspecified atom stereocenters. The molecule has 2 heterocycles. The number of aromatic nitrogens is 2. The van der Waals surface area contributed by atoms with Crippen molar-refractivity contribution >= 4 is 11.9 Å². The van der Waals surface area contributed by atoms with Gasteiger partial charge in [0.2, 0.25) is 5.95 Å². The fourth-order valence-corrected chi connectivity index (χ4v) is 4.44. The molecule has 0 bridgehead atoms. The highest BCUT2D eigenvalue weighted by atomic mass is 16.5. The number of rotatable bonds is 4. The summed E-state index contributed by atoms with van der Waals surface area (Å²) in [4.78, 5) is 26.6. The van der Waals surface area contributed by atoms with Crippen molar-refractivity contribution in [3.8, 4) is 0 Å². The average molecular weight is 396 g/mol. The highest BCUT2D eigenvalue weighted by Gasteiger charge is 2.38. The summed E-state index contributed by atoms with van der Waals surface area (Å²) < 4.78 is 6.12. The number of morpholine rings is 1. The lowest BCUT2D eigenvalue weighted by atomic mass is 9.93. The quantitative estimate of drug-likeness (QED) is 0.853. The van der Waals surface area contributed by atoms with Crippen LogP contribution in [0.4, 0.5) is 5.95 Å². The summed E-state index contributed by atoms with van der Waals surface area (Å²) in [7, 11) is 4.04. The van der Waals surface area contributed by atoms with Gasteiger partial charge in [0, 0.05) is 24.3 Å². The van der Waals surface area contributed by atoms with E-state index in [-0.39, 0.29) is 24.0 Å². The lowest BCUT2D eigenvalue weighted by Gasteiger charge is -2.42. The zero-order chi connectivity index (χ0) is 20.4. The Labute approximate surface area is 171 Å². The molecular formula is C22H29N5O2. The normalized spacial score (nSPS) is 21.8. The molecule has 2 N–H and O–H groups in total. The molecule has 29 heavy (non-hydrogen) atoms. The molecule has 0 saturated carbocycles. The number of ether oxygens (including phenoxy) is 1. The molecular weight excluding hydrogens is 366 g/mol. The zero-order valence-corrected chi connectivity index (χ0v) is 17.2. The van der Waals surface area contributed by atoms with Gasteiger partial charge >= 0.3 is 0 Å². The van der Waals surface area contributed by atoms with Crippen LogP contribution < -0.4 is 5.73 Å². The van der Waals surface area contributed by atoms with Crippen LogP contribution >= 0.6 is 0 Å². The first kappa shape index (κ1) is 19.8. The highest BCUT2D eigenvalue weighted by molar-refractivity contribution is 5.94. The Balaban J connectivity index is 1.73. The summed E-state index contributed by atoms with van der Waals surface area (Å²) >= 11 is 0. The van der Waals surface area contributed by atoms with Crippen molar-refractivity contribution in [2.75, 3.05) is 39.5 Å². The van der Waals surface area contributed by atoms with Gasteiger partial charge in [-0.3, -0.25) is 4.79 Å². The van der Waals surface area contributed by atoms with Crippen LogP contribution in [0.15, 0.2) is 30.3 Å². The molecule has 1 fully saturated rings. The number of hydrogen-bond donors (Lipinski definition) is 1. The Hall–Kier alpha value is -2.51. The van der Waals surface area contributed by atoms with Gasteiger partial charge < -0.3 is 20.3 Å². The molecule has 1 amide bonds. The van der Waals surface area contributed by atoms with E-state index in [1.165, 1.54) is 0 Å². The Morgan fingerprint density at radius 1 is 1.21 bits per heavy atom. The summed E-state index contributed by atoms with van der Waals surface area (Å²) in [5.41, 5.74) is 9.41. The predicted octanol–water partition coefficient (Wildman–Crippen LogP) is 2.08. The van der Waals surface area contributed by atoms with Crippen LogP contribution in [0.3, 0.4) is 0 Å². The Kier molecular flexibility index (Phi) is 5.78. The number of nitrogens with two attached hydrogens (primary N) is 1. The van der Waals surface area contributed by atoms with E-state index < -0.39 is 0 Å². The van der Waals surface area contributed by atoms with Gasteiger partial charge in [0.05, 0.1) is 18.8 Å². The maximum Gasteiger partial charge on any atom is 0.273 e. The van der Waals surface area contributed by atoms with E-state index in [1.807, 2.05) is 37.2 Å². The number of fused-ring (bicyclic) bond motifs is 1. The molecule has 1 saturated heterocycles. The SMILES string of the molecule is CN(C)C[C@@H]1OCCN(C(=O)c2nc(N)nc3c2CCCC3)[C@H]1c1ccccc1. The van der Waals surface area contributed by atoms with Crippen LogP contribution in [0.1, 0.15) is 46.2 Å². The molecule has 4 rings (SSSR count). The minimum absolute atomic E-state index is 0.0711. The minimum atomic E-state index is -0.171. The van der Waals surface area contributed by atoms with E-state index in [9.17, 15) is 4.79 Å². The first-order valence-electron chi connectivity index (χ1n) is 10.3. The van der Waals surface area contributed by atoms with Crippen LogP contribution in [0.5, 0.6) is 0 Å². The largest absolute Gasteiger partial charge is 0.373 e. The van der Waals surface area contributed by atoms with E-state index in [0.29, 0.717) is 18.8 Å². The summed E-state index contributed by atoms with van der Waals surface area (Å²) in [5.74, 6) is 0.113. The Morgan fingerprint density at radius 3 is 2.72 bits per heavy atom. The van der Waals surface area contributed by atoms with Crippen LogP contribution in [0, 0.1) is 0 Å². The number of anilines is 1. The number of nitrogens with zero attached hydrogens (tertiary/aromatic N) is 4. The van der Waals surface area contributed by atoms with E-state index in [4.69, 9.17) is 10.5 Å².